The first-order valence-electron chi connectivity index (χ1n) is 6.29. The van der Waals surface area contributed by atoms with Gasteiger partial charge in [0.1, 0.15) is 5.82 Å². The highest BCUT2D eigenvalue weighted by molar-refractivity contribution is 9.10. The normalized spacial score (nSPS) is 12.6. The number of aliphatic hydroxyl groups excluding tert-OH is 1. The highest BCUT2D eigenvalue weighted by Crippen LogP contribution is 2.21. The van der Waals surface area contributed by atoms with Gasteiger partial charge in [-0.3, -0.25) is 0 Å². The average Bonchev–Trinajstić information content (AvgIpc) is 2.86. The Labute approximate surface area is 125 Å². The number of hydrogen-bond acceptors (Lipinski definition) is 2. The minimum Gasteiger partial charge on any atom is -0.393 e. The maximum atomic E-state index is 13.0. The molecular weight excluding hydrogens is 327 g/mol. The lowest BCUT2D eigenvalue weighted by atomic mass is 10.0. The first-order chi connectivity index (χ1) is 9.15. The Morgan fingerprint density at radius 2 is 2.16 bits per heavy atom. The lowest BCUT2D eigenvalue weighted by Crippen LogP contribution is -2.11. The summed E-state index contributed by atoms with van der Waals surface area (Å²) in [6.45, 7) is 0. The molecule has 1 nitrogen and oxygen atoms in total. The van der Waals surface area contributed by atoms with Crippen LogP contribution in [-0.2, 0) is 12.8 Å². The fourth-order valence-corrected chi connectivity index (χ4v) is 3.27. The van der Waals surface area contributed by atoms with Gasteiger partial charge in [-0.1, -0.05) is 28.1 Å². The van der Waals surface area contributed by atoms with E-state index in [9.17, 15) is 9.50 Å². The molecule has 2 rings (SSSR count). The van der Waals surface area contributed by atoms with Crippen LogP contribution < -0.4 is 0 Å². The smallest absolute Gasteiger partial charge is 0.124 e. The molecule has 0 amide bonds. The van der Waals surface area contributed by atoms with E-state index in [1.54, 1.807) is 17.4 Å². The first-order valence-corrected chi connectivity index (χ1v) is 7.97. The molecule has 0 aliphatic heterocycles. The van der Waals surface area contributed by atoms with Crippen molar-refractivity contribution in [2.75, 3.05) is 0 Å². The summed E-state index contributed by atoms with van der Waals surface area (Å²) in [5.74, 6) is -0.261. The second kappa shape index (κ2) is 7.17. The molecule has 1 heterocycles. The van der Waals surface area contributed by atoms with E-state index >= 15 is 0 Å². The zero-order valence-corrected chi connectivity index (χ0v) is 12.9. The molecule has 0 aliphatic carbocycles. The molecule has 1 atom stereocenters. The van der Waals surface area contributed by atoms with E-state index in [1.807, 2.05) is 6.07 Å². The van der Waals surface area contributed by atoms with Crippen molar-refractivity contribution in [3.63, 3.8) is 0 Å². The third-order valence-corrected chi connectivity index (χ3v) is 4.69. The fraction of sp³-hybridized carbons (Fsp3) is 0.333. The maximum Gasteiger partial charge on any atom is 0.124 e. The molecule has 0 aliphatic rings. The summed E-state index contributed by atoms with van der Waals surface area (Å²) >= 11 is 5.08. The number of benzene rings is 1. The molecule has 4 heteroatoms. The van der Waals surface area contributed by atoms with Gasteiger partial charge in [-0.05, 0) is 54.8 Å². The highest BCUT2D eigenvalue weighted by atomic mass is 79.9. The van der Waals surface area contributed by atoms with Crippen molar-refractivity contribution in [1.82, 2.24) is 0 Å². The summed E-state index contributed by atoms with van der Waals surface area (Å²) < 4.78 is 13.7. The summed E-state index contributed by atoms with van der Waals surface area (Å²) in [6, 6.07) is 8.76. The van der Waals surface area contributed by atoms with Crippen LogP contribution in [0, 0.1) is 5.82 Å². The van der Waals surface area contributed by atoms with Crippen LogP contribution in [0.15, 0.2) is 40.2 Å². The molecule has 0 saturated carbocycles. The predicted octanol–water partition coefficient (Wildman–Crippen LogP) is 4.58. The minimum atomic E-state index is -0.373. The van der Waals surface area contributed by atoms with Crippen LogP contribution in [0.25, 0.3) is 0 Å². The average molecular weight is 343 g/mol. The fourth-order valence-electron chi connectivity index (χ4n) is 2.01. The van der Waals surface area contributed by atoms with E-state index in [0.717, 1.165) is 29.3 Å². The molecule has 0 radical (unpaired) electrons. The van der Waals surface area contributed by atoms with Gasteiger partial charge in [-0.15, -0.1) is 11.3 Å². The van der Waals surface area contributed by atoms with Crippen molar-refractivity contribution < 1.29 is 9.50 Å². The molecule has 0 fully saturated rings. The summed E-state index contributed by atoms with van der Waals surface area (Å²) in [5.41, 5.74) is 0.949. The van der Waals surface area contributed by atoms with Crippen molar-refractivity contribution in [3.8, 4) is 0 Å². The Morgan fingerprint density at radius 3 is 2.84 bits per heavy atom. The molecule has 1 unspecified atom stereocenters. The van der Waals surface area contributed by atoms with E-state index in [4.69, 9.17) is 0 Å². The Kier molecular flexibility index (Phi) is 5.55. The predicted molar refractivity (Wildman–Crippen MR) is 81.1 cm³/mol. The number of halogens is 2. The number of hydrogen-bond donors (Lipinski definition) is 1. The molecule has 102 valence electrons. The van der Waals surface area contributed by atoms with Gasteiger partial charge in [0.15, 0.2) is 0 Å². The number of thiophene rings is 1. The quantitative estimate of drug-likeness (QED) is 0.814. The third kappa shape index (κ3) is 4.71. The maximum absolute atomic E-state index is 13.0. The van der Waals surface area contributed by atoms with E-state index in [0.29, 0.717) is 6.42 Å². The topological polar surface area (TPSA) is 20.2 Å². The van der Waals surface area contributed by atoms with Gasteiger partial charge in [-0.2, -0.15) is 0 Å². The van der Waals surface area contributed by atoms with Gasteiger partial charge in [0.2, 0.25) is 0 Å². The van der Waals surface area contributed by atoms with Crippen LogP contribution in [0.5, 0.6) is 0 Å². The minimum absolute atomic E-state index is 0.261. The van der Waals surface area contributed by atoms with Gasteiger partial charge in [-0.25, -0.2) is 4.39 Å². The number of rotatable bonds is 6. The van der Waals surface area contributed by atoms with Crippen molar-refractivity contribution in [3.05, 3.63) is 56.4 Å². The summed E-state index contributed by atoms with van der Waals surface area (Å²) in [5, 5.41) is 12.1. The second-order valence-electron chi connectivity index (χ2n) is 4.57. The van der Waals surface area contributed by atoms with Crippen LogP contribution in [0.4, 0.5) is 4.39 Å². The van der Waals surface area contributed by atoms with E-state index in [-0.39, 0.29) is 11.9 Å². The van der Waals surface area contributed by atoms with Crippen LogP contribution in [0.2, 0.25) is 0 Å². The summed E-state index contributed by atoms with van der Waals surface area (Å²) in [4.78, 5) is 1.36. The van der Waals surface area contributed by atoms with Crippen LogP contribution >= 0.6 is 27.3 Å². The van der Waals surface area contributed by atoms with Gasteiger partial charge in [0.05, 0.1) is 6.10 Å². The Hall–Kier alpha value is -0.710. The molecule has 0 saturated heterocycles. The largest absolute Gasteiger partial charge is 0.393 e. The van der Waals surface area contributed by atoms with Crippen molar-refractivity contribution in [2.24, 2.45) is 0 Å². The van der Waals surface area contributed by atoms with Gasteiger partial charge in [0.25, 0.3) is 0 Å². The zero-order valence-electron chi connectivity index (χ0n) is 10.5. The molecule has 1 aromatic heterocycles. The van der Waals surface area contributed by atoms with Crippen LogP contribution in [0.3, 0.4) is 0 Å². The van der Waals surface area contributed by atoms with Crippen molar-refractivity contribution >= 4 is 27.3 Å². The lowest BCUT2D eigenvalue weighted by Gasteiger charge is -2.11. The Bertz CT molecular complexity index is 513. The second-order valence-corrected chi connectivity index (χ2v) is 6.45. The number of aryl methyl sites for hydroxylation is 1. The van der Waals surface area contributed by atoms with Crippen molar-refractivity contribution in [2.45, 2.75) is 31.8 Å². The third-order valence-electron chi connectivity index (χ3n) is 3.01. The first kappa shape index (κ1) is 14.7. The van der Waals surface area contributed by atoms with E-state index in [2.05, 4.69) is 27.4 Å². The standard InChI is InChI=1S/C15H16BrFOS/c16-15-10-12(17)7-6-11(15)9-13(18)3-1-4-14-5-2-8-19-14/h2,5-8,10,13,18H,1,3-4,9H2. The van der Waals surface area contributed by atoms with Crippen molar-refractivity contribution in [1.29, 1.82) is 0 Å². The van der Waals surface area contributed by atoms with Crippen LogP contribution in [-0.4, -0.2) is 11.2 Å². The number of aliphatic hydroxyl groups is 1. The summed E-state index contributed by atoms with van der Waals surface area (Å²) in [6.07, 6.45) is 2.94. The molecule has 1 aromatic carbocycles. The summed E-state index contributed by atoms with van der Waals surface area (Å²) in [7, 11) is 0. The van der Waals surface area contributed by atoms with E-state index in [1.165, 1.54) is 17.0 Å². The van der Waals surface area contributed by atoms with Gasteiger partial charge >= 0.3 is 0 Å². The lowest BCUT2D eigenvalue weighted by molar-refractivity contribution is 0.162. The van der Waals surface area contributed by atoms with Crippen LogP contribution in [0.1, 0.15) is 23.3 Å². The molecule has 2 aromatic rings. The zero-order chi connectivity index (χ0) is 13.7. The Morgan fingerprint density at radius 1 is 1.32 bits per heavy atom. The molecule has 1 N–H and O–H groups in total. The molecule has 0 spiro atoms. The molecular formula is C15H16BrFOS. The molecule has 19 heavy (non-hydrogen) atoms. The highest BCUT2D eigenvalue weighted by Gasteiger charge is 2.09. The van der Waals surface area contributed by atoms with Gasteiger partial charge in [0, 0.05) is 9.35 Å². The Balaban J connectivity index is 1.79. The van der Waals surface area contributed by atoms with Gasteiger partial charge < -0.3 is 5.11 Å². The SMILES string of the molecule is OC(CCCc1cccs1)Cc1ccc(F)cc1Br. The van der Waals surface area contributed by atoms with E-state index < -0.39 is 0 Å². The molecule has 0 bridgehead atoms. The monoisotopic (exact) mass is 342 g/mol.